The van der Waals surface area contributed by atoms with Crippen molar-refractivity contribution in [2.24, 2.45) is 28.9 Å². The maximum atomic E-state index is 14.3. The first-order chi connectivity index (χ1) is 18.5. The van der Waals surface area contributed by atoms with Gasteiger partial charge >= 0.3 is 0 Å². The largest absolute Gasteiger partial charge is 0.369 e. The first-order valence-corrected chi connectivity index (χ1v) is 13.4. The lowest BCUT2D eigenvalue weighted by Crippen LogP contribution is -2.38. The molecule has 3 aromatic carbocycles. The molecule has 0 unspecified atom stereocenters. The third-order valence-electron chi connectivity index (χ3n) is 8.85. The van der Waals surface area contributed by atoms with Crippen molar-refractivity contribution in [1.29, 1.82) is 0 Å². The fourth-order valence-electron chi connectivity index (χ4n) is 6.63. The van der Waals surface area contributed by atoms with Crippen molar-refractivity contribution in [1.82, 2.24) is 9.78 Å². The molecule has 2 heterocycles. The summed E-state index contributed by atoms with van der Waals surface area (Å²) in [6.45, 7) is 0. The van der Waals surface area contributed by atoms with E-state index in [1.165, 1.54) is 12.1 Å². The number of anilines is 1. The quantitative estimate of drug-likeness (QED) is 0.355. The topological polar surface area (TPSA) is 81.2 Å². The smallest absolute Gasteiger partial charge is 0.231 e. The van der Waals surface area contributed by atoms with Gasteiger partial charge in [-0.05, 0) is 73.2 Å². The van der Waals surface area contributed by atoms with E-state index >= 15 is 0 Å². The fraction of sp³-hybridized carbons (Fsp3) is 0.323. The SMILES string of the molecule is NC(=O)C1([C@@H]2[C@H](CC3CC3)C(=O)N(c3ccc4c(cnn4-c4ccc(F)cc4)c3)[C@H]2c2ccccc2)CC1. The molecule has 192 valence electrons. The molecule has 2 N–H and O–H groups in total. The van der Waals surface area contributed by atoms with Gasteiger partial charge in [-0.3, -0.25) is 9.59 Å². The zero-order valence-corrected chi connectivity index (χ0v) is 21.0. The van der Waals surface area contributed by atoms with Gasteiger partial charge in [-0.2, -0.15) is 5.10 Å². The number of carbonyl (C=O) groups is 2. The number of primary amides is 1. The van der Waals surface area contributed by atoms with E-state index in [2.05, 4.69) is 17.2 Å². The predicted molar refractivity (Wildman–Crippen MR) is 143 cm³/mol. The van der Waals surface area contributed by atoms with Crippen LogP contribution in [0, 0.1) is 29.0 Å². The van der Waals surface area contributed by atoms with E-state index in [9.17, 15) is 14.0 Å². The highest BCUT2D eigenvalue weighted by Gasteiger charge is 2.65. The maximum absolute atomic E-state index is 14.3. The van der Waals surface area contributed by atoms with E-state index in [4.69, 9.17) is 5.73 Å². The van der Waals surface area contributed by atoms with Gasteiger partial charge in [0.2, 0.25) is 11.8 Å². The maximum Gasteiger partial charge on any atom is 0.231 e. The number of aromatic nitrogens is 2. The molecule has 4 aromatic rings. The molecule has 2 amide bonds. The van der Waals surface area contributed by atoms with E-state index in [0.29, 0.717) is 5.92 Å². The Morgan fingerprint density at radius 2 is 1.71 bits per heavy atom. The summed E-state index contributed by atoms with van der Waals surface area (Å²) in [6, 6.07) is 21.9. The minimum atomic E-state index is -0.637. The second kappa shape index (κ2) is 8.51. The molecule has 0 spiro atoms. The fourth-order valence-corrected chi connectivity index (χ4v) is 6.63. The lowest BCUT2D eigenvalue weighted by molar-refractivity contribution is -0.127. The molecule has 3 fully saturated rings. The predicted octanol–water partition coefficient (Wildman–Crippen LogP) is 5.55. The molecule has 7 rings (SSSR count). The number of amides is 2. The van der Waals surface area contributed by atoms with Crippen LogP contribution in [0.3, 0.4) is 0 Å². The second-order valence-electron chi connectivity index (χ2n) is 11.2. The van der Waals surface area contributed by atoms with E-state index < -0.39 is 5.41 Å². The zero-order chi connectivity index (χ0) is 26.0. The van der Waals surface area contributed by atoms with Gasteiger partial charge in [0, 0.05) is 22.9 Å². The summed E-state index contributed by atoms with van der Waals surface area (Å²) in [7, 11) is 0. The van der Waals surface area contributed by atoms with Gasteiger partial charge in [-0.25, -0.2) is 9.07 Å². The summed E-state index contributed by atoms with van der Waals surface area (Å²) < 4.78 is 15.2. The first kappa shape index (κ1) is 23.1. The van der Waals surface area contributed by atoms with Crippen LogP contribution in [0.4, 0.5) is 10.1 Å². The lowest BCUT2D eigenvalue weighted by Gasteiger charge is -2.33. The molecule has 1 aromatic heterocycles. The minimum Gasteiger partial charge on any atom is -0.369 e. The van der Waals surface area contributed by atoms with Gasteiger partial charge in [0.25, 0.3) is 0 Å². The van der Waals surface area contributed by atoms with Crippen molar-refractivity contribution in [3.05, 3.63) is 90.4 Å². The summed E-state index contributed by atoms with van der Waals surface area (Å²) in [5.74, 6) is -0.355. The van der Waals surface area contributed by atoms with Crippen LogP contribution in [0.15, 0.2) is 79.0 Å². The zero-order valence-electron chi connectivity index (χ0n) is 21.0. The third-order valence-corrected chi connectivity index (χ3v) is 8.85. The van der Waals surface area contributed by atoms with Crippen LogP contribution in [-0.2, 0) is 9.59 Å². The lowest BCUT2D eigenvalue weighted by atomic mass is 9.73. The number of halogens is 1. The highest BCUT2D eigenvalue weighted by Crippen LogP contribution is 2.64. The van der Waals surface area contributed by atoms with Gasteiger partial charge < -0.3 is 10.6 Å². The van der Waals surface area contributed by atoms with Crippen LogP contribution in [0.2, 0.25) is 0 Å². The molecule has 3 atom stereocenters. The Morgan fingerprint density at radius 3 is 2.37 bits per heavy atom. The summed E-state index contributed by atoms with van der Waals surface area (Å²) >= 11 is 0. The van der Waals surface area contributed by atoms with Crippen LogP contribution >= 0.6 is 0 Å². The number of rotatable bonds is 7. The van der Waals surface area contributed by atoms with E-state index in [1.807, 2.05) is 41.3 Å². The normalized spacial score (nSPS) is 24.2. The van der Waals surface area contributed by atoms with E-state index in [-0.39, 0.29) is 35.5 Å². The molecular formula is C31H29FN4O2. The van der Waals surface area contributed by atoms with Crippen LogP contribution in [0.5, 0.6) is 0 Å². The van der Waals surface area contributed by atoms with Crippen LogP contribution in [0.1, 0.15) is 43.7 Å². The summed E-state index contributed by atoms with van der Waals surface area (Å²) in [5, 5.41) is 5.42. The Bertz CT molecular complexity index is 1540. The molecule has 0 radical (unpaired) electrons. The molecule has 1 saturated heterocycles. The number of hydrogen-bond acceptors (Lipinski definition) is 3. The molecular weight excluding hydrogens is 479 g/mol. The van der Waals surface area contributed by atoms with Gasteiger partial charge in [0.1, 0.15) is 5.82 Å². The van der Waals surface area contributed by atoms with Crippen molar-refractivity contribution in [2.75, 3.05) is 4.90 Å². The third kappa shape index (κ3) is 3.63. The molecule has 38 heavy (non-hydrogen) atoms. The van der Waals surface area contributed by atoms with Crippen molar-refractivity contribution < 1.29 is 14.0 Å². The van der Waals surface area contributed by atoms with Crippen LogP contribution in [0.25, 0.3) is 16.6 Å². The average Bonchev–Trinajstić information content (AvgIpc) is 3.85. The van der Waals surface area contributed by atoms with Crippen molar-refractivity contribution in [2.45, 2.75) is 38.1 Å². The number of fused-ring (bicyclic) bond motifs is 1. The van der Waals surface area contributed by atoms with E-state index in [1.54, 1.807) is 23.0 Å². The van der Waals surface area contributed by atoms with Crippen LogP contribution < -0.4 is 10.6 Å². The number of nitrogens with zero attached hydrogens (tertiary/aromatic N) is 3. The van der Waals surface area contributed by atoms with Crippen molar-refractivity contribution in [3.63, 3.8) is 0 Å². The van der Waals surface area contributed by atoms with E-state index in [0.717, 1.165) is 59.9 Å². The monoisotopic (exact) mass is 508 g/mol. The second-order valence-corrected chi connectivity index (χ2v) is 11.2. The molecule has 1 aliphatic heterocycles. The summed E-state index contributed by atoms with van der Waals surface area (Å²) in [5.41, 5.74) is 8.84. The summed E-state index contributed by atoms with van der Waals surface area (Å²) in [6.07, 6.45) is 6.34. The van der Waals surface area contributed by atoms with Crippen LogP contribution in [-0.4, -0.2) is 21.6 Å². The standard InChI is InChI=1S/C31H29FN4O2/c32-22-8-10-23(11-9-22)36-26-13-12-24(17-21(26)18-34-36)35-28(20-4-2-1-3-5-20)27(31(14-15-31)30(33)38)25(29(35)37)16-19-6-7-19/h1-5,8-13,17-19,25,27-28H,6-7,14-16H2,(H2,33,38)/t25-,27+,28-/m0/s1. The number of carbonyl (C=O) groups excluding carboxylic acids is 2. The average molecular weight is 509 g/mol. The first-order valence-electron chi connectivity index (χ1n) is 13.4. The van der Waals surface area contributed by atoms with Gasteiger partial charge in [0.15, 0.2) is 0 Å². The molecule has 7 heteroatoms. The Labute approximate surface area is 220 Å². The Kier molecular flexibility index (Phi) is 5.18. The number of hydrogen-bond donors (Lipinski definition) is 1. The van der Waals surface area contributed by atoms with Gasteiger partial charge in [-0.1, -0.05) is 43.2 Å². The molecule has 2 aliphatic carbocycles. The Hall–Kier alpha value is -4.00. The highest BCUT2D eigenvalue weighted by molar-refractivity contribution is 6.02. The van der Waals surface area contributed by atoms with Crippen molar-refractivity contribution >= 4 is 28.4 Å². The minimum absolute atomic E-state index is 0.0774. The van der Waals surface area contributed by atoms with Gasteiger partial charge in [0.05, 0.1) is 28.9 Å². The molecule has 6 nitrogen and oxygen atoms in total. The highest BCUT2D eigenvalue weighted by atomic mass is 19.1. The molecule has 2 saturated carbocycles. The number of nitrogens with two attached hydrogens (primary N) is 1. The molecule has 0 bridgehead atoms. The molecule has 3 aliphatic rings. The van der Waals surface area contributed by atoms with Crippen molar-refractivity contribution in [3.8, 4) is 5.69 Å². The number of benzene rings is 3. The Balaban J connectivity index is 1.35. The Morgan fingerprint density at radius 1 is 1.00 bits per heavy atom. The van der Waals surface area contributed by atoms with Gasteiger partial charge in [-0.15, -0.1) is 0 Å². The summed E-state index contributed by atoms with van der Waals surface area (Å²) in [4.78, 5) is 29.0.